The van der Waals surface area contributed by atoms with Crippen molar-refractivity contribution in [2.75, 3.05) is 17.7 Å². The number of nitrogens with one attached hydrogen (secondary N) is 2. The van der Waals surface area contributed by atoms with Crippen molar-refractivity contribution in [3.8, 4) is 0 Å². The number of carbonyl (C=O) groups is 1. The highest BCUT2D eigenvalue weighted by Gasteiger charge is 2.09. The molecule has 1 heterocycles. The van der Waals surface area contributed by atoms with Crippen LogP contribution in [0.1, 0.15) is 10.4 Å². The van der Waals surface area contributed by atoms with Crippen molar-refractivity contribution in [1.82, 2.24) is 9.97 Å². The van der Waals surface area contributed by atoms with Crippen molar-refractivity contribution in [2.24, 2.45) is 0 Å². The Morgan fingerprint density at radius 3 is 2.50 bits per heavy atom. The first-order valence-electron chi connectivity index (χ1n) is 7.56. The Morgan fingerprint density at radius 1 is 1.04 bits per heavy atom. The summed E-state index contributed by atoms with van der Waals surface area (Å²) in [7, 11) is 1.34. The third-order valence-electron chi connectivity index (χ3n) is 3.41. The average Bonchev–Trinajstić information content (AvgIpc) is 2.65. The van der Waals surface area contributed by atoms with Crippen molar-refractivity contribution in [2.45, 2.75) is 0 Å². The standard InChI is InChI=1S/C18H14Cl2N4O2/c1-26-17(25)11-4-2-5-12(10-11)22-15-8-9-21-18(23-15)24-16-13(19)6-3-7-14(16)20/h2-10H,1H3,(H2,21,22,23,24). The number of aromatic nitrogens is 2. The monoisotopic (exact) mass is 388 g/mol. The zero-order valence-corrected chi connectivity index (χ0v) is 15.2. The highest BCUT2D eigenvalue weighted by atomic mass is 35.5. The minimum atomic E-state index is -0.410. The summed E-state index contributed by atoms with van der Waals surface area (Å²) in [4.78, 5) is 20.2. The van der Waals surface area contributed by atoms with E-state index < -0.39 is 5.97 Å². The number of ether oxygens (including phenoxy) is 1. The summed E-state index contributed by atoms with van der Waals surface area (Å²) < 4.78 is 4.72. The molecule has 0 aliphatic carbocycles. The molecule has 0 saturated carbocycles. The van der Waals surface area contributed by atoms with Gasteiger partial charge in [0.05, 0.1) is 28.4 Å². The van der Waals surface area contributed by atoms with Crippen LogP contribution in [-0.4, -0.2) is 23.0 Å². The summed E-state index contributed by atoms with van der Waals surface area (Å²) in [5.41, 5.74) is 1.65. The molecular formula is C18H14Cl2N4O2. The number of carbonyl (C=O) groups excluding carboxylic acids is 1. The molecule has 132 valence electrons. The van der Waals surface area contributed by atoms with E-state index in [2.05, 4.69) is 20.6 Å². The van der Waals surface area contributed by atoms with Gasteiger partial charge in [0.25, 0.3) is 0 Å². The highest BCUT2D eigenvalue weighted by Crippen LogP contribution is 2.31. The molecule has 0 fully saturated rings. The molecule has 0 aliphatic heterocycles. The normalized spacial score (nSPS) is 10.3. The summed E-state index contributed by atoms with van der Waals surface area (Å²) in [6.07, 6.45) is 1.59. The van der Waals surface area contributed by atoms with Crippen molar-refractivity contribution in [3.63, 3.8) is 0 Å². The fraction of sp³-hybridized carbons (Fsp3) is 0.0556. The maximum atomic E-state index is 11.6. The number of nitrogens with zero attached hydrogens (tertiary/aromatic N) is 2. The van der Waals surface area contributed by atoms with Crippen molar-refractivity contribution < 1.29 is 9.53 Å². The van der Waals surface area contributed by atoms with E-state index in [0.29, 0.717) is 38.7 Å². The summed E-state index contributed by atoms with van der Waals surface area (Å²) >= 11 is 12.3. The quantitative estimate of drug-likeness (QED) is 0.595. The van der Waals surface area contributed by atoms with Crippen molar-refractivity contribution in [3.05, 3.63) is 70.3 Å². The van der Waals surface area contributed by atoms with Gasteiger partial charge in [-0.1, -0.05) is 35.3 Å². The molecule has 0 saturated heterocycles. The van der Waals surface area contributed by atoms with Crippen LogP contribution in [-0.2, 0) is 4.74 Å². The lowest BCUT2D eigenvalue weighted by Crippen LogP contribution is -2.03. The molecule has 1 aromatic heterocycles. The van der Waals surface area contributed by atoms with Crippen LogP contribution in [0.4, 0.5) is 23.1 Å². The molecule has 8 heteroatoms. The van der Waals surface area contributed by atoms with Gasteiger partial charge >= 0.3 is 5.97 Å². The second-order valence-corrected chi connectivity index (χ2v) is 6.00. The number of hydrogen-bond donors (Lipinski definition) is 2. The molecule has 3 aromatic rings. The van der Waals surface area contributed by atoms with Gasteiger partial charge < -0.3 is 15.4 Å². The van der Waals surface area contributed by atoms with Crippen LogP contribution in [0, 0.1) is 0 Å². The highest BCUT2D eigenvalue weighted by molar-refractivity contribution is 6.39. The van der Waals surface area contributed by atoms with Gasteiger partial charge in [-0.2, -0.15) is 4.98 Å². The smallest absolute Gasteiger partial charge is 0.337 e. The minimum absolute atomic E-state index is 0.328. The number of methoxy groups -OCH3 is 1. The van der Waals surface area contributed by atoms with E-state index in [-0.39, 0.29) is 0 Å². The number of rotatable bonds is 5. The minimum Gasteiger partial charge on any atom is -0.465 e. The van der Waals surface area contributed by atoms with E-state index in [1.807, 2.05) is 6.07 Å². The topological polar surface area (TPSA) is 76.1 Å². The molecule has 0 spiro atoms. The molecule has 0 amide bonds. The Bertz CT molecular complexity index is 930. The van der Waals surface area contributed by atoms with Crippen molar-refractivity contribution in [1.29, 1.82) is 0 Å². The van der Waals surface area contributed by atoms with Crippen molar-refractivity contribution >= 4 is 52.3 Å². The molecule has 0 aliphatic rings. The number of hydrogen-bond acceptors (Lipinski definition) is 6. The lowest BCUT2D eigenvalue weighted by atomic mass is 10.2. The molecule has 0 bridgehead atoms. The number of halogens is 2. The van der Waals surface area contributed by atoms with Crippen LogP contribution in [0.25, 0.3) is 0 Å². The first kappa shape index (κ1) is 18.0. The summed E-state index contributed by atoms with van der Waals surface area (Å²) in [6, 6.07) is 13.8. The summed E-state index contributed by atoms with van der Waals surface area (Å²) in [5.74, 6) is 0.453. The van der Waals surface area contributed by atoms with Crippen LogP contribution in [0.5, 0.6) is 0 Å². The molecule has 26 heavy (non-hydrogen) atoms. The first-order chi connectivity index (χ1) is 12.6. The van der Waals surface area contributed by atoms with Gasteiger partial charge in [-0.05, 0) is 36.4 Å². The van der Waals surface area contributed by atoms with Gasteiger partial charge in [0.2, 0.25) is 5.95 Å². The van der Waals surface area contributed by atoms with E-state index in [1.165, 1.54) is 7.11 Å². The lowest BCUT2D eigenvalue weighted by molar-refractivity contribution is 0.0601. The Hall–Kier alpha value is -2.83. The molecule has 0 atom stereocenters. The Morgan fingerprint density at radius 2 is 1.77 bits per heavy atom. The van der Waals surface area contributed by atoms with E-state index in [0.717, 1.165) is 0 Å². The fourth-order valence-electron chi connectivity index (χ4n) is 2.21. The predicted octanol–water partition coefficient (Wildman–Crippen LogP) is 5.06. The maximum Gasteiger partial charge on any atom is 0.337 e. The second kappa shape index (κ2) is 8.03. The SMILES string of the molecule is COC(=O)c1cccc(Nc2ccnc(Nc3c(Cl)cccc3Cl)n2)c1. The first-order valence-corrected chi connectivity index (χ1v) is 8.32. The number of esters is 1. The zero-order chi connectivity index (χ0) is 18.5. The largest absolute Gasteiger partial charge is 0.465 e. The van der Waals surface area contributed by atoms with Gasteiger partial charge in [0.15, 0.2) is 0 Å². The third kappa shape index (κ3) is 4.22. The predicted molar refractivity (Wildman–Crippen MR) is 103 cm³/mol. The fourth-order valence-corrected chi connectivity index (χ4v) is 2.70. The van der Waals surface area contributed by atoms with E-state index >= 15 is 0 Å². The summed E-state index contributed by atoms with van der Waals surface area (Å²) in [5, 5.41) is 7.05. The van der Waals surface area contributed by atoms with E-state index in [1.54, 1.807) is 48.7 Å². The molecule has 2 aromatic carbocycles. The number of anilines is 4. The van der Waals surface area contributed by atoms with Crippen LogP contribution < -0.4 is 10.6 Å². The van der Waals surface area contributed by atoms with Crippen LogP contribution in [0.3, 0.4) is 0 Å². The van der Waals surface area contributed by atoms with Gasteiger partial charge in [-0.3, -0.25) is 0 Å². The van der Waals surface area contributed by atoms with E-state index in [4.69, 9.17) is 27.9 Å². The van der Waals surface area contributed by atoms with Crippen LogP contribution >= 0.6 is 23.2 Å². The molecule has 2 N–H and O–H groups in total. The lowest BCUT2D eigenvalue weighted by Gasteiger charge is -2.11. The van der Waals surface area contributed by atoms with Crippen LogP contribution in [0.2, 0.25) is 10.0 Å². The second-order valence-electron chi connectivity index (χ2n) is 5.18. The zero-order valence-electron chi connectivity index (χ0n) is 13.7. The average molecular weight is 389 g/mol. The third-order valence-corrected chi connectivity index (χ3v) is 4.04. The summed E-state index contributed by atoms with van der Waals surface area (Å²) in [6.45, 7) is 0. The Balaban J connectivity index is 1.81. The van der Waals surface area contributed by atoms with E-state index in [9.17, 15) is 4.79 Å². The Labute approximate surface area is 160 Å². The van der Waals surface area contributed by atoms with Gasteiger partial charge in [0, 0.05) is 11.9 Å². The van der Waals surface area contributed by atoms with Gasteiger partial charge in [0.1, 0.15) is 5.82 Å². The molecule has 6 nitrogen and oxygen atoms in total. The molecule has 3 rings (SSSR count). The Kier molecular flexibility index (Phi) is 5.55. The number of benzene rings is 2. The van der Waals surface area contributed by atoms with Crippen LogP contribution in [0.15, 0.2) is 54.7 Å². The molecular weight excluding hydrogens is 375 g/mol. The van der Waals surface area contributed by atoms with Gasteiger partial charge in [-0.15, -0.1) is 0 Å². The molecule has 0 radical (unpaired) electrons. The maximum absolute atomic E-state index is 11.6. The number of para-hydroxylation sites is 1. The molecule has 0 unspecified atom stereocenters. The van der Waals surface area contributed by atoms with Gasteiger partial charge in [-0.25, -0.2) is 9.78 Å².